The van der Waals surface area contributed by atoms with Crippen LogP contribution >= 0.6 is 0 Å². The first kappa shape index (κ1) is 24.6. The first-order valence-electron chi connectivity index (χ1n) is 11.2. The molecule has 0 unspecified atom stereocenters. The van der Waals surface area contributed by atoms with E-state index in [-0.39, 0.29) is 11.8 Å². The summed E-state index contributed by atoms with van der Waals surface area (Å²) in [6.07, 6.45) is 6.67. The van der Waals surface area contributed by atoms with E-state index in [0.717, 1.165) is 57.4 Å². The molecule has 6 nitrogen and oxygen atoms in total. The zero-order valence-electron chi connectivity index (χ0n) is 18.5. The maximum absolute atomic E-state index is 12.2. The molecule has 0 bridgehead atoms. The molecule has 0 aromatic heterocycles. The molecule has 0 radical (unpaired) electrons. The number of hydrogen-bond acceptors (Lipinski definition) is 4. The number of nitrogens with one attached hydrogen (secondary N) is 3. The van der Waals surface area contributed by atoms with Gasteiger partial charge < -0.3 is 10.1 Å². The minimum atomic E-state index is -0.163. The van der Waals surface area contributed by atoms with Crippen LogP contribution in [0, 0.1) is 0 Å². The molecule has 0 saturated heterocycles. The lowest BCUT2D eigenvalue weighted by atomic mass is 10.1. The Labute approximate surface area is 185 Å². The molecule has 31 heavy (non-hydrogen) atoms. The fourth-order valence-corrected chi connectivity index (χ4v) is 2.98. The van der Waals surface area contributed by atoms with Gasteiger partial charge in [0.15, 0.2) is 0 Å². The van der Waals surface area contributed by atoms with Crippen LogP contribution in [0.15, 0.2) is 54.6 Å². The highest BCUT2D eigenvalue weighted by molar-refractivity contribution is 5.94. The molecule has 0 fully saturated rings. The third-order valence-corrected chi connectivity index (χ3v) is 4.89. The number of unbranched alkanes of at least 4 members (excludes halogenated alkanes) is 4. The van der Waals surface area contributed by atoms with Crippen molar-refractivity contribution in [1.82, 2.24) is 16.2 Å². The summed E-state index contributed by atoms with van der Waals surface area (Å²) in [4.78, 5) is 24.3. The van der Waals surface area contributed by atoms with Crippen LogP contribution in [0.1, 0.15) is 71.7 Å². The van der Waals surface area contributed by atoms with Crippen LogP contribution in [0.25, 0.3) is 0 Å². The number of rotatable bonds is 15. The van der Waals surface area contributed by atoms with E-state index >= 15 is 0 Å². The number of ether oxygens (including phenoxy) is 1. The SMILES string of the molecule is CCCCOCCCCCCNNC(=O)c1ccc(CNC(=O)c2ccccc2)cc1. The van der Waals surface area contributed by atoms with Crippen LogP contribution in [-0.2, 0) is 11.3 Å². The molecule has 2 aromatic carbocycles. The van der Waals surface area contributed by atoms with E-state index in [1.54, 1.807) is 24.3 Å². The van der Waals surface area contributed by atoms with E-state index in [1.165, 1.54) is 6.42 Å². The molecule has 0 heterocycles. The van der Waals surface area contributed by atoms with Crippen molar-refractivity contribution in [3.8, 4) is 0 Å². The molecular formula is C25H35N3O3. The Bertz CT molecular complexity index is 763. The van der Waals surface area contributed by atoms with Gasteiger partial charge in [0.1, 0.15) is 0 Å². The van der Waals surface area contributed by atoms with Crippen molar-refractivity contribution in [3.63, 3.8) is 0 Å². The first-order valence-corrected chi connectivity index (χ1v) is 11.2. The monoisotopic (exact) mass is 425 g/mol. The zero-order valence-corrected chi connectivity index (χ0v) is 18.5. The van der Waals surface area contributed by atoms with Gasteiger partial charge in [0, 0.05) is 37.4 Å². The quantitative estimate of drug-likeness (QED) is 0.295. The summed E-state index contributed by atoms with van der Waals surface area (Å²) in [5.74, 6) is -0.278. The van der Waals surface area contributed by atoms with Crippen molar-refractivity contribution in [2.75, 3.05) is 19.8 Å². The van der Waals surface area contributed by atoms with Crippen LogP contribution < -0.4 is 16.2 Å². The van der Waals surface area contributed by atoms with Crippen LogP contribution in [0.4, 0.5) is 0 Å². The predicted molar refractivity (Wildman–Crippen MR) is 124 cm³/mol. The topological polar surface area (TPSA) is 79.5 Å². The van der Waals surface area contributed by atoms with Crippen LogP contribution in [-0.4, -0.2) is 31.6 Å². The van der Waals surface area contributed by atoms with Crippen molar-refractivity contribution < 1.29 is 14.3 Å². The van der Waals surface area contributed by atoms with Gasteiger partial charge in [-0.3, -0.25) is 15.0 Å². The average Bonchev–Trinajstić information content (AvgIpc) is 2.81. The normalized spacial score (nSPS) is 10.6. The average molecular weight is 426 g/mol. The predicted octanol–water partition coefficient (Wildman–Crippen LogP) is 4.23. The third kappa shape index (κ3) is 10.2. The Hall–Kier alpha value is -2.70. The lowest BCUT2D eigenvalue weighted by Crippen LogP contribution is -2.37. The lowest BCUT2D eigenvalue weighted by molar-refractivity contribution is 0.0929. The maximum Gasteiger partial charge on any atom is 0.265 e. The molecule has 2 amide bonds. The van der Waals surface area contributed by atoms with Gasteiger partial charge in [0.25, 0.3) is 11.8 Å². The van der Waals surface area contributed by atoms with Crippen LogP contribution in [0.5, 0.6) is 0 Å². The smallest absolute Gasteiger partial charge is 0.265 e. The van der Waals surface area contributed by atoms with Gasteiger partial charge in [-0.2, -0.15) is 0 Å². The summed E-state index contributed by atoms with van der Waals surface area (Å²) >= 11 is 0. The molecule has 0 saturated carbocycles. The Morgan fingerprint density at radius 1 is 0.774 bits per heavy atom. The van der Waals surface area contributed by atoms with Gasteiger partial charge in [0.2, 0.25) is 0 Å². The van der Waals surface area contributed by atoms with Crippen molar-refractivity contribution >= 4 is 11.8 Å². The Morgan fingerprint density at radius 3 is 2.19 bits per heavy atom. The molecule has 0 atom stereocenters. The lowest BCUT2D eigenvalue weighted by Gasteiger charge is -2.09. The molecule has 2 rings (SSSR count). The fraction of sp³-hybridized carbons (Fsp3) is 0.440. The maximum atomic E-state index is 12.2. The number of carbonyl (C=O) groups is 2. The zero-order chi connectivity index (χ0) is 22.2. The Morgan fingerprint density at radius 2 is 1.45 bits per heavy atom. The number of hydrogen-bond donors (Lipinski definition) is 3. The minimum absolute atomic E-state index is 0.115. The van der Waals surface area contributed by atoms with E-state index in [0.29, 0.717) is 17.7 Å². The first-order chi connectivity index (χ1) is 15.2. The van der Waals surface area contributed by atoms with E-state index in [4.69, 9.17) is 4.74 Å². The van der Waals surface area contributed by atoms with Crippen molar-refractivity contribution in [2.45, 2.75) is 52.0 Å². The van der Waals surface area contributed by atoms with E-state index in [2.05, 4.69) is 23.1 Å². The number of amides is 2. The molecule has 0 aliphatic carbocycles. The van der Waals surface area contributed by atoms with Gasteiger partial charge in [-0.1, -0.05) is 56.5 Å². The summed E-state index contributed by atoms with van der Waals surface area (Å²) < 4.78 is 5.54. The Balaban J connectivity index is 1.56. The molecule has 6 heteroatoms. The number of benzene rings is 2. The summed E-state index contributed by atoms with van der Waals surface area (Å²) in [6, 6.07) is 16.3. The highest BCUT2D eigenvalue weighted by Crippen LogP contribution is 2.06. The summed E-state index contributed by atoms with van der Waals surface area (Å²) in [5.41, 5.74) is 7.87. The summed E-state index contributed by atoms with van der Waals surface area (Å²) in [7, 11) is 0. The van der Waals surface area contributed by atoms with Gasteiger partial charge in [-0.25, -0.2) is 5.43 Å². The van der Waals surface area contributed by atoms with E-state index in [9.17, 15) is 9.59 Å². The van der Waals surface area contributed by atoms with Crippen LogP contribution in [0.2, 0.25) is 0 Å². The Kier molecular flexibility index (Phi) is 12.0. The largest absolute Gasteiger partial charge is 0.381 e. The molecular weight excluding hydrogens is 390 g/mol. The summed E-state index contributed by atoms with van der Waals surface area (Å²) in [6.45, 7) is 5.03. The fourth-order valence-electron chi connectivity index (χ4n) is 2.98. The standard InChI is InChI=1S/C25H35N3O3/c1-2-3-18-31-19-10-5-4-9-17-27-28-25(30)23-15-13-21(14-16-23)20-26-24(29)22-11-7-6-8-12-22/h6-8,11-16,27H,2-5,9-10,17-20H2,1H3,(H,26,29)(H,28,30). The van der Waals surface area contributed by atoms with E-state index in [1.807, 2.05) is 30.3 Å². The van der Waals surface area contributed by atoms with Crippen molar-refractivity contribution in [3.05, 3.63) is 71.3 Å². The second kappa shape index (κ2) is 15.2. The molecule has 0 aliphatic rings. The molecule has 0 aliphatic heterocycles. The van der Waals surface area contributed by atoms with Gasteiger partial charge in [0.05, 0.1) is 0 Å². The van der Waals surface area contributed by atoms with Gasteiger partial charge in [-0.05, 0) is 49.1 Å². The highest BCUT2D eigenvalue weighted by atomic mass is 16.5. The highest BCUT2D eigenvalue weighted by Gasteiger charge is 2.06. The van der Waals surface area contributed by atoms with Crippen LogP contribution in [0.3, 0.4) is 0 Å². The minimum Gasteiger partial charge on any atom is -0.381 e. The van der Waals surface area contributed by atoms with E-state index < -0.39 is 0 Å². The second-order valence-electron chi connectivity index (χ2n) is 7.51. The molecule has 3 N–H and O–H groups in total. The van der Waals surface area contributed by atoms with Crippen molar-refractivity contribution in [1.29, 1.82) is 0 Å². The van der Waals surface area contributed by atoms with Crippen molar-refractivity contribution in [2.24, 2.45) is 0 Å². The van der Waals surface area contributed by atoms with Gasteiger partial charge in [-0.15, -0.1) is 0 Å². The van der Waals surface area contributed by atoms with Gasteiger partial charge >= 0.3 is 0 Å². The molecule has 168 valence electrons. The third-order valence-electron chi connectivity index (χ3n) is 4.89. The molecule has 2 aromatic rings. The molecule has 0 spiro atoms. The number of carbonyl (C=O) groups excluding carboxylic acids is 2. The second-order valence-corrected chi connectivity index (χ2v) is 7.51. The summed E-state index contributed by atoms with van der Waals surface area (Å²) in [5, 5.41) is 2.88. The number of hydrazine groups is 1.